The molecule has 2 heterocycles. The van der Waals surface area contributed by atoms with Crippen LogP contribution in [0.5, 0.6) is 0 Å². The maximum Gasteiger partial charge on any atom is 0.353 e. The fourth-order valence-corrected chi connectivity index (χ4v) is 5.96. The number of hydrogen-bond donors (Lipinski definition) is 3. The Morgan fingerprint density at radius 3 is 2.34 bits per heavy atom. The number of sulfonamides is 1. The standard InChI is InChI=1S/C30H23N3O4S/c34-30(35)29-28(22-11-13-26-21(17-22)15-16-31-26)25-18-23(32-38(36,37)24-9-5-2-6-10-24)12-14-27(25)33(29)19-20-7-3-1-4-8-20/h1-18,31-32H,19H2,(H,34,35). The number of carbonyl (C=O) groups is 1. The predicted octanol–water partition coefficient (Wildman–Crippen LogP) is 6.34. The lowest BCUT2D eigenvalue weighted by Gasteiger charge is -2.10. The van der Waals surface area contributed by atoms with Crippen molar-refractivity contribution in [2.24, 2.45) is 0 Å². The molecule has 0 bridgehead atoms. The second kappa shape index (κ2) is 9.24. The highest BCUT2D eigenvalue weighted by molar-refractivity contribution is 7.92. The van der Waals surface area contributed by atoms with E-state index in [1.807, 2.05) is 60.8 Å². The van der Waals surface area contributed by atoms with Crippen LogP contribution in [0.1, 0.15) is 16.1 Å². The van der Waals surface area contributed by atoms with Gasteiger partial charge in [0.05, 0.1) is 4.90 Å². The Bertz CT molecular complexity index is 1910. The Balaban J connectivity index is 1.57. The normalized spacial score (nSPS) is 11.7. The summed E-state index contributed by atoms with van der Waals surface area (Å²) in [6, 6.07) is 30.6. The quantitative estimate of drug-likeness (QED) is 0.228. The van der Waals surface area contributed by atoms with E-state index < -0.39 is 16.0 Å². The summed E-state index contributed by atoms with van der Waals surface area (Å²) in [5.74, 6) is -1.06. The summed E-state index contributed by atoms with van der Waals surface area (Å²) in [6.45, 7) is 0.348. The minimum atomic E-state index is -3.83. The molecule has 0 spiro atoms. The summed E-state index contributed by atoms with van der Waals surface area (Å²) in [6.07, 6.45) is 1.84. The number of anilines is 1. The third-order valence-electron chi connectivity index (χ3n) is 6.60. The summed E-state index contributed by atoms with van der Waals surface area (Å²) in [4.78, 5) is 16.1. The zero-order valence-corrected chi connectivity index (χ0v) is 20.9. The highest BCUT2D eigenvalue weighted by atomic mass is 32.2. The van der Waals surface area contributed by atoms with Crippen LogP contribution >= 0.6 is 0 Å². The van der Waals surface area contributed by atoms with E-state index in [1.54, 1.807) is 41.0 Å². The summed E-state index contributed by atoms with van der Waals surface area (Å²) in [5.41, 5.74) is 4.34. The molecule has 8 heteroatoms. The van der Waals surface area contributed by atoms with Gasteiger partial charge in [-0.25, -0.2) is 13.2 Å². The average Bonchev–Trinajstić information content (AvgIpc) is 3.51. The Kier molecular flexibility index (Phi) is 5.73. The smallest absolute Gasteiger partial charge is 0.353 e. The van der Waals surface area contributed by atoms with Gasteiger partial charge in [-0.1, -0.05) is 54.6 Å². The Morgan fingerprint density at radius 1 is 0.868 bits per heavy atom. The first-order valence-electron chi connectivity index (χ1n) is 12.0. The first-order chi connectivity index (χ1) is 18.4. The van der Waals surface area contributed by atoms with Gasteiger partial charge in [-0.2, -0.15) is 0 Å². The maximum absolute atomic E-state index is 13.0. The molecule has 0 saturated heterocycles. The van der Waals surface area contributed by atoms with Crippen LogP contribution in [0, 0.1) is 0 Å². The van der Waals surface area contributed by atoms with Crippen LogP contribution < -0.4 is 4.72 Å². The van der Waals surface area contributed by atoms with Gasteiger partial charge in [-0.15, -0.1) is 0 Å². The van der Waals surface area contributed by atoms with Crippen LogP contribution in [-0.4, -0.2) is 29.0 Å². The Morgan fingerprint density at radius 2 is 1.61 bits per heavy atom. The van der Waals surface area contributed by atoms with Gasteiger partial charge in [0.2, 0.25) is 0 Å². The number of H-pyrrole nitrogens is 1. The van der Waals surface area contributed by atoms with Crippen molar-refractivity contribution in [2.75, 3.05) is 4.72 Å². The molecule has 7 nitrogen and oxygen atoms in total. The molecule has 188 valence electrons. The van der Waals surface area contributed by atoms with E-state index in [9.17, 15) is 18.3 Å². The molecule has 6 rings (SSSR count). The van der Waals surface area contributed by atoms with Crippen LogP contribution in [0.3, 0.4) is 0 Å². The molecule has 0 fully saturated rings. The van der Waals surface area contributed by atoms with Crippen molar-refractivity contribution in [1.82, 2.24) is 9.55 Å². The number of nitrogens with one attached hydrogen (secondary N) is 2. The topological polar surface area (TPSA) is 104 Å². The molecule has 0 amide bonds. The molecule has 0 aliphatic carbocycles. The van der Waals surface area contributed by atoms with Crippen molar-refractivity contribution < 1.29 is 18.3 Å². The molecule has 2 aromatic heterocycles. The lowest BCUT2D eigenvalue weighted by atomic mass is 10.00. The number of aromatic nitrogens is 2. The van der Waals surface area contributed by atoms with Gasteiger partial charge < -0.3 is 14.7 Å². The Hall–Kier alpha value is -4.82. The molecule has 0 aliphatic rings. The van der Waals surface area contributed by atoms with E-state index in [4.69, 9.17) is 0 Å². The number of fused-ring (bicyclic) bond motifs is 2. The molecule has 3 N–H and O–H groups in total. The van der Waals surface area contributed by atoms with Crippen molar-refractivity contribution in [2.45, 2.75) is 11.4 Å². The van der Waals surface area contributed by atoms with E-state index in [2.05, 4.69) is 9.71 Å². The van der Waals surface area contributed by atoms with Gasteiger partial charge in [-0.3, -0.25) is 4.72 Å². The zero-order valence-electron chi connectivity index (χ0n) is 20.1. The van der Waals surface area contributed by atoms with Crippen LogP contribution in [0.2, 0.25) is 0 Å². The van der Waals surface area contributed by atoms with Crippen molar-refractivity contribution in [3.8, 4) is 11.1 Å². The zero-order chi connectivity index (χ0) is 26.3. The molecule has 0 unspecified atom stereocenters. The number of rotatable bonds is 7. The molecule has 4 aromatic carbocycles. The average molecular weight is 522 g/mol. The number of carboxylic acids is 1. The maximum atomic E-state index is 13.0. The Labute approximate surface area is 219 Å². The lowest BCUT2D eigenvalue weighted by Crippen LogP contribution is -2.12. The number of benzene rings is 4. The number of nitrogens with zero attached hydrogens (tertiary/aromatic N) is 1. The number of aromatic amines is 1. The molecular formula is C30H23N3O4S. The first-order valence-corrected chi connectivity index (χ1v) is 13.5. The molecule has 0 radical (unpaired) electrons. The van der Waals surface area contributed by atoms with E-state index in [0.717, 1.165) is 22.0 Å². The van der Waals surface area contributed by atoms with Crippen molar-refractivity contribution >= 4 is 43.5 Å². The third-order valence-corrected chi connectivity index (χ3v) is 7.99. The second-order valence-corrected chi connectivity index (χ2v) is 10.7. The van der Waals surface area contributed by atoms with Gasteiger partial charge in [0.25, 0.3) is 10.0 Å². The highest BCUT2D eigenvalue weighted by Crippen LogP contribution is 2.38. The monoisotopic (exact) mass is 521 g/mol. The van der Waals surface area contributed by atoms with Gasteiger partial charge in [-0.05, 0) is 65.0 Å². The van der Waals surface area contributed by atoms with E-state index >= 15 is 0 Å². The van der Waals surface area contributed by atoms with E-state index in [1.165, 1.54) is 12.1 Å². The molecule has 0 atom stereocenters. The molecule has 6 aromatic rings. The number of aromatic carboxylic acids is 1. The lowest BCUT2D eigenvalue weighted by molar-refractivity contribution is 0.0687. The van der Waals surface area contributed by atoms with Crippen molar-refractivity contribution in [1.29, 1.82) is 0 Å². The summed E-state index contributed by atoms with van der Waals surface area (Å²) < 4.78 is 30.5. The van der Waals surface area contributed by atoms with Crippen molar-refractivity contribution in [3.05, 3.63) is 121 Å². The van der Waals surface area contributed by atoms with Crippen molar-refractivity contribution in [3.63, 3.8) is 0 Å². The molecule has 0 saturated carbocycles. The van der Waals surface area contributed by atoms with Crippen LogP contribution in [0.15, 0.2) is 114 Å². The SMILES string of the molecule is O=C(O)c1c(-c2ccc3[nH]ccc3c2)c2cc(NS(=O)(=O)c3ccccc3)ccc2n1Cc1ccccc1. The highest BCUT2D eigenvalue weighted by Gasteiger charge is 2.25. The van der Waals surface area contributed by atoms with Crippen LogP contribution in [-0.2, 0) is 16.6 Å². The number of carboxylic acid groups (broad SMARTS) is 1. The fourth-order valence-electron chi connectivity index (χ4n) is 4.89. The van der Waals surface area contributed by atoms with Gasteiger partial charge in [0, 0.05) is 40.4 Å². The second-order valence-electron chi connectivity index (χ2n) is 9.03. The molecular weight excluding hydrogens is 498 g/mol. The molecule has 0 aliphatic heterocycles. The molecule has 38 heavy (non-hydrogen) atoms. The van der Waals surface area contributed by atoms with Gasteiger partial charge >= 0.3 is 5.97 Å². The van der Waals surface area contributed by atoms with E-state index in [0.29, 0.717) is 28.7 Å². The summed E-state index contributed by atoms with van der Waals surface area (Å²) in [5, 5.41) is 12.0. The predicted molar refractivity (Wildman–Crippen MR) is 149 cm³/mol. The van der Waals surface area contributed by atoms with Gasteiger partial charge in [0.1, 0.15) is 5.69 Å². The van der Waals surface area contributed by atoms with Crippen LogP contribution in [0.4, 0.5) is 5.69 Å². The first kappa shape index (κ1) is 23.6. The largest absolute Gasteiger partial charge is 0.477 e. The fraction of sp³-hybridized carbons (Fsp3) is 0.0333. The minimum Gasteiger partial charge on any atom is -0.477 e. The number of hydrogen-bond acceptors (Lipinski definition) is 3. The summed E-state index contributed by atoms with van der Waals surface area (Å²) in [7, 11) is -3.83. The van der Waals surface area contributed by atoms with Crippen LogP contribution in [0.25, 0.3) is 32.9 Å². The summed E-state index contributed by atoms with van der Waals surface area (Å²) >= 11 is 0. The minimum absolute atomic E-state index is 0.141. The third kappa shape index (κ3) is 4.21. The van der Waals surface area contributed by atoms with E-state index in [-0.39, 0.29) is 10.6 Å². The van der Waals surface area contributed by atoms with Gasteiger partial charge in [0.15, 0.2) is 0 Å².